The Morgan fingerprint density at radius 2 is 0.938 bits per heavy atom. The van der Waals surface area contributed by atoms with E-state index < -0.39 is 0 Å². The van der Waals surface area contributed by atoms with Crippen LogP contribution < -0.4 is 24.6 Å². The molecule has 3 aromatic rings. The van der Waals surface area contributed by atoms with Crippen molar-refractivity contribution in [2.75, 3.05) is 34.2 Å². The number of nitrogens with two attached hydrogens (primary N) is 1. The summed E-state index contributed by atoms with van der Waals surface area (Å²) in [6, 6.07) is 22.7. The number of nitrogens with zero attached hydrogens (tertiary/aromatic N) is 2. The maximum atomic E-state index is 13.0. The van der Waals surface area contributed by atoms with Gasteiger partial charge in [0.25, 0.3) is 0 Å². The van der Waals surface area contributed by atoms with Gasteiger partial charge in [0.2, 0.25) is 0 Å². The molecule has 3 saturated carbocycles. The molecule has 3 aliphatic carbocycles. The van der Waals surface area contributed by atoms with E-state index >= 15 is 0 Å². The summed E-state index contributed by atoms with van der Waals surface area (Å²) < 4.78 is 39.5. The minimum absolute atomic E-state index is 0. The number of likely N-dealkylation sites (N-methyl/N-ethyl adjacent to an activating group) is 1. The molecule has 3 N–H and O–H groups in total. The fourth-order valence-electron chi connectivity index (χ4n) is 7.98. The number of benzene rings is 3. The first-order valence-electron chi connectivity index (χ1n) is 16.6. The van der Waals surface area contributed by atoms with Gasteiger partial charge in [-0.3, -0.25) is 0 Å². The summed E-state index contributed by atoms with van der Waals surface area (Å²) in [5.41, 5.74) is 9.41. The van der Waals surface area contributed by atoms with Crippen molar-refractivity contribution in [1.82, 2.24) is 0 Å². The molecule has 9 heteroatoms. The second-order valence-electron chi connectivity index (χ2n) is 14.5. The molecule has 48 heavy (non-hydrogen) atoms. The van der Waals surface area contributed by atoms with Gasteiger partial charge >= 0.3 is 18.9 Å². The summed E-state index contributed by atoms with van der Waals surface area (Å²) in [5.74, 6) is -0.536. The first-order valence-corrected chi connectivity index (χ1v) is 16.6. The molecule has 0 aliphatic heterocycles. The molecular weight excluding hydrogens is 617 g/mol. The van der Waals surface area contributed by atoms with E-state index in [-0.39, 0.29) is 76.8 Å². The van der Waals surface area contributed by atoms with Crippen molar-refractivity contribution < 1.29 is 43.4 Å². The van der Waals surface area contributed by atoms with Crippen molar-refractivity contribution in [3.05, 3.63) is 107 Å². The predicted molar refractivity (Wildman–Crippen MR) is 190 cm³/mol. The molecule has 4 nitrogen and oxygen atoms in total. The minimum Gasteiger partial charge on any atom is -1.00 e. The van der Waals surface area contributed by atoms with Crippen LogP contribution in [0.25, 0.3) is 0 Å². The largest absolute Gasteiger partial charge is 1.00 e. The van der Waals surface area contributed by atoms with E-state index in [0.29, 0.717) is 6.54 Å². The van der Waals surface area contributed by atoms with Gasteiger partial charge in [-0.25, -0.2) is 13.2 Å². The molecule has 0 atom stereocenters. The molecule has 0 radical (unpaired) electrons. The Labute approximate surface area is 311 Å². The third kappa shape index (κ3) is 11.2. The van der Waals surface area contributed by atoms with Crippen LogP contribution >= 0.6 is 0 Å². The van der Waals surface area contributed by atoms with Crippen LogP contribution in [0.3, 0.4) is 0 Å². The smallest absolute Gasteiger partial charge is 1.00 e. The number of nitriles is 1. The molecule has 3 aliphatic rings. The minimum atomic E-state index is -0.340. The van der Waals surface area contributed by atoms with Gasteiger partial charge in [0, 0.05) is 17.4 Å². The summed E-state index contributed by atoms with van der Waals surface area (Å²) in [6.45, 7) is 1.82. The van der Waals surface area contributed by atoms with Crippen LogP contribution in [-0.2, 0) is 16.2 Å². The van der Waals surface area contributed by atoms with Crippen LogP contribution in [-0.4, -0.2) is 61.6 Å². The van der Waals surface area contributed by atoms with Gasteiger partial charge in [0.1, 0.15) is 17.5 Å². The third-order valence-electron chi connectivity index (χ3n) is 10.3. The molecule has 0 heterocycles. The second-order valence-corrected chi connectivity index (χ2v) is 14.5. The Morgan fingerprint density at radius 1 is 0.625 bits per heavy atom. The van der Waals surface area contributed by atoms with Crippen LogP contribution in [0, 0.1) is 28.8 Å². The van der Waals surface area contributed by atoms with Crippen molar-refractivity contribution in [1.29, 1.82) is 5.26 Å². The van der Waals surface area contributed by atoms with Crippen molar-refractivity contribution in [3.8, 4) is 6.07 Å². The maximum Gasteiger partial charge on any atom is 1.00 e. The van der Waals surface area contributed by atoms with Crippen LogP contribution in [0.5, 0.6) is 0 Å². The standard InChI is InChI=1S/C15H23FN.C12H16FN.C12H12FN.Al.Li.H2O.4H/c1-17(2,3)12-15(10-4-5-11-15)13-6-8-14(16)9-7-13;2*13-11-5-3-10(4-6-11)12(9-14)7-1-2-8-12;;;;;;;/h6-9H,4-5,10-12H2,1-3H3;3-6H,1-2,7-9,14H2;3-6H,1-2,7-8H2;;;1H2;;;;/q+1;;;;+1;;;;;-1/p-1. The Morgan fingerprint density at radius 3 is 1.27 bits per heavy atom. The molecule has 0 bridgehead atoms. The fourth-order valence-corrected chi connectivity index (χ4v) is 7.98. The zero-order valence-electron chi connectivity index (χ0n) is 29.9. The number of halogens is 3. The van der Waals surface area contributed by atoms with Crippen molar-refractivity contribution in [2.45, 2.75) is 93.3 Å². The summed E-state index contributed by atoms with van der Waals surface area (Å²) >= 11 is 0. The van der Waals surface area contributed by atoms with Crippen LogP contribution in [0.2, 0.25) is 0 Å². The second kappa shape index (κ2) is 19.4. The van der Waals surface area contributed by atoms with E-state index in [1.807, 2.05) is 24.3 Å². The number of hydrogen-bond acceptors (Lipinski definition) is 3. The Kier molecular flexibility index (Phi) is 17.7. The normalized spacial score (nSPS) is 18.3. The number of hydrogen-bond donors (Lipinski definition) is 1. The first-order chi connectivity index (χ1) is 21.4. The van der Waals surface area contributed by atoms with Gasteiger partial charge in [-0.05, 0) is 91.6 Å². The van der Waals surface area contributed by atoms with Crippen molar-refractivity contribution in [3.63, 3.8) is 0 Å². The Hall–Kier alpha value is -2.05. The van der Waals surface area contributed by atoms with Crippen molar-refractivity contribution in [2.24, 2.45) is 5.73 Å². The van der Waals surface area contributed by atoms with Gasteiger partial charge in [0.05, 0.1) is 39.2 Å². The zero-order chi connectivity index (χ0) is 32.6. The molecule has 0 spiro atoms. The predicted octanol–water partition coefficient (Wildman–Crippen LogP) is 4.86. The molecule has 0 aromatic heterocycles. The molecular formula is C39H56AlF3LiN3O. The van der Waals surface area contributed by atoms with Gasteiger partial charge in [0.15, 0.2) is 17.4 Å². The topological polar surface area (TPSA) is 79.8 Å². The summed E-state index contributed by atoms with van der Waals surface area (Å²) in [7, 11) is 6.72. The first kappa shape index (κ1) is 44.0. The fraction of sp³-hybridized carbons (Fsp3) is 0.513. The van der Waals surface area contributed by atoms with Gasteiger partial charge in [-0.15, -0.1) is 0 Å². The average Bonchev–Trinajstić information content (AvgIpc) is 3.81. The van der Waals surface area contributed by atoms with E-state index in [2.05, 4.69) is 27.2 Å². The molecule has 258 valence electrons. The summed E-state index contributed by atoms with van der Waals surface area (Å²) in [5, 5.41) is 9.20. The average molecular weight is 674 g/mol. The summed E-state index contributed by atoms with van der Waals surface area (Å²) in [6.07, 6.45) is 13.9. The molecule has 3 aromatic carbocycles. The Balaban J connectivity index is 0.000000681. The monoisotopic (exact) mass is 673 g/mol. The zero-order valence-corrected chi connectivity index (χ0v) is 28.9. The summed E-state index contributed by atoms with van der Waals surface area (Å²) in [4.78, 5) is 0. The quantitative estimate of drug-likeness (QED) is 0.300. The molecule has 0 unspecified atom stereocenters. The molecule has 0 saturated heterocycles. The van der Waals surface area contributed by atoms with Gasteiger partial charge < -0.3 is 17.1 Å². The SMILES string of the molecule is C[N+](C)(C)CC1(c2ccc(F)cc2)CCCC1.N#CC1(c2ccc(F)cc2)CCCC1.NCC1(c2ccc(F)cc2)CCCC1.[AlH3].[H-].[Li+].[OH-]. The maximum absolute atomic E-state index is 13.0. The van der Waals surface area contributed by atoms with Crippen LogP contribution in [0.4, 0.5) is 13.2 Å². The van der Waals surface area contributed by atoms with Crippen LogP contribution in [0.1, 0.15) is 95.2 Å². The van der Waals surface area contributed by atoms with Crippen LogP contribution in [0.15, 0.2) is 72.8 Å². The number of rotatable bonds is 6. The van der Waals surface area contributed by atoms with E-state index in [4.69, 9.17) is 5.73 Å². The number of quaternary nitrogens is 1. The van der Waals surface area contributed by atoms with E-state index in [1.54, 1.807) is 24.3 Å². The van der Waals surface area contributed by atoms with E-state index in [0.717, 1.165) is 55.1 Å². The molecule has 0 amide bonds. The van der Waals surface area contributed by atoms with Gasteiger partial charge in [-0.1, -0.05) is 74.9 Å². The van der Waals surface area contributed by atoms with Crippen molar-refractivity contribution >= 4 is 17.4 Å². The molecule has 3 fully saturated rings. The van der Waals surface area contributed by atoms with E-state index in [9.17, 15) is 18.4 Å². The Bertz CT molecular complexity index is 1400. The van der Waals surface area contributed by atoms with Gasteiger partial charge in [-0.2, -0.15) is 5.26 Å². The molecule has 6 rings (SSSR count). The third-order valence-corrected chi connectivity index (χ3v) is 10.3. The van der Waals surface area contributed by atoms with E-state index in [1.165, 1.54) is 73.9 Å².